The van der Waals surface area contributed by atoms with Gasteiger partial charge in [0.2, 0.25) is 17.7 Å². The van der Waals surface area contributed by atoms with E-state index >= 15 is 0 Å². The van der Waals surface area contributed by atoms with Crippen LogP contribution in [0.3, 0.4) is 0 Å². The number of carbonyl (C=O) groups excluding carboxylic acids is 3. The SMILES string of the molecule is N[C@@H](Cc1ccc(O)cc1)C(=O)N[C@@H](CC(=O)O)C(=O)N[C@@H](Cc1ccc(O)cc1)C(=O)N[C@@H](CC(=O)O)C(=O)O. The van der Waals surface area contributed by atoms with Crippen molar-refractivity contribution in [2.45, 2.75) is 49.9 Å². The van der Waals surface area contributed by atoms with E-state index in [1.807, 2.05) is 5.32 Å². The quantitative estimate of drug-likeness (QED) is 0.120. The van der Waals surface area contributed by atoms with Crippen molar-refractivity contribution in [2.24, 2.45) is 5.73 Å². The third-order valence-corrected chi connectivity index (χ3v) is 5.74. The summed E-state index contributed by atoms with van der Waals surface area (Å²) in [6, 6.07) is 4.90. The lowest BCUT2D eigenvalue weighted by molar-refractivity contribution is -0.147. The molecule has 10 N–H and O–H groups in total. The van der Waals surface area contributed by atoms with Gasteiger partial charge in [-0.15, -0.1) is 0 Å². The summed E-state index contributed by atoms with van der Waals surface area (Å²) in [6.45, 7) is 0. The van der Waals surface area contributed by atoms with Crippen LogP contribution in [-0.2, 0) is 41.6 Å². The van der Waals surface area contributed by atoms with Crippen molar-refractivity contribution in [3.63, 3.8) is 0 Å². The first-order valence-electron chi connectivity index (χ1n) is 12.1. The fourth-order valence-electron chi connectivity index (χ4n) is 3.64. The van der Waals surface area contributed by atoms with Crippen LogP contribution in [0.2, 0.25) is 0 Å². The topological polar surface area (TPSA) is 266 Å². The minimum absolute atomic E-state index is 0.00602. The molecule has 0 heterocycles. The van der Waals surface area contributed by atoms with E-state index in [9.17, 15) is 49.2 Å². The van der Waals surface area contributed by atoms with Crippen LogP contribution in [0.25, 0.3) is 0 Å². The highest BCUT2D eigenvalue weighted by Gasteiger charge is 2.32. The van der Waals surface area contributed by atoms with Gasteiger partial charge in [-0.25, -0.2) is 4.79 Å². The Balaban J connectivity index is 2.23. The van der Waals surface area contributed by atoms with E-state index in [4.69, 9.17) is 10.8 Å². The molecule has 4 atom stereocenters. The molecule has 15 nitrogen and oxygen atoms in total. The van der Waals surface area contributed by atoms with Gasteiger partial charge in [0.25, 0.3) is 0 Å². The third-order valence-electron chi connectivity index (χ3n) is 5.74. The zero-order valence-electron chi connectivity index (χ0n) is 21.5. The van der Waals surface area contributed by atoms with E-state index in [0.29, 0.717) is 11.1 Å². The first kappa shape index (κ1) is 32.0. The Labute approximate surface area is 233 Å². The van der Waals surface area contributed by atoms with Gasteiger partial charge in [-0.1, -0.05) is 24.3 Å². The van der Waals surface area contributed by atoms with Gasteiger partial charge in [-0.2, -0.15) is 0 Å². The Morgan fingerprint density at radius 3 is 1.44 bits per heavy atom. The van der Waals surface area contributed by atoms with Gasteiger partial charge in [0.15, 0.2) is 0 Å². The Hall–Kier alpha value is -5.18. The smallest absolute Gasteiger partial charge is 0.326 e. The number of amides is 3. The average molecular weight is 575 g/mol. The summed E-state index contributed by atoms with van der Waals surface area (Å²) >= 11 is 0. The first-order chi connectivity index (χ1) is 19.2. The van der Waals surface area contributed by atoms with Crippen LogP contribution < -0.4 is 21.7 Å². The number of aromatic hydroxyl groups is 2. The molecule has 0 unspecified atom stereocenters. The number of carbonyl (C=O) groups is 6. The number of nitrogens with one attached hydrogen (secondary N) is 3. The molecule has 0 saturated heterocycles. The maximum atomic E-state index is 13.1. The second kappa shape index (κ2) is 14.8. The number of nitrogens with two attached hydrogens (primary N) is 1. The lowest BCUT2D eigenvalue weighted by atomic mass is 10.0. The molecule has 0 aromatic heterocycles. The predicted octanol–water partition coefficient (Wildman–Crippen LogP) is -1.30. The van der Waals surface area contributed by atoms with Crippen molar-refractivity contribution in [3.05, 3.63) is 59.7 Å². The summed E-state index contributed by atoms with van der Waals surface area (Å²) in [5, 5.41) is 53.0. The van der Waals surface area contributed by atoms with Crippen LogP contribution in [0.1, 0.15) is 24.0 Å². The molecule has 41 heavy (non-hydrogen) atoms. The molecule has 0 saturated carbocycles. The molecule has 2 rings (SSSR count). The Morgan fingerprint density at radius 1 is 0.585 bits per heavy atom. The van der Waals surface area contributed by atoms with E-state index in [2.05, 4.69) is 10.6 Å². The molecule has 0 radical (unpaired) electrons. The van der Waals surface area contributed by atoms with Crippen molar-refractivity contribution in [1.82, 2.24) is 16.0 Å². The van der Waals surface area contributed by atoms with E-state index in [-0.39, 0.29) is 24.3 Å². The highest BCUT2D eigenvalue weighted by atomic mass is 16.4. The number of hydrogen-bond acceptors (Lipinski definition) is 9. The number of hydrogen-bond donors (Lipinski definition) is 9. The summed E-state index contributed by atoms with van der Waals surface area (Å²) < 4.78 is 0. The number of carboxylic acid groups (broad SMARTS) is 3. The molecule has 0 fully saturated rings. The first-order valence-corrected chi connectivity index (χ1v) is 12.1. The fraction of sp³-hybridized carbons (Fsp3) is 0.308. The van der Waals surface area contributed by atoms with Gasteiger partial charge in [0, 0.05) is 6.42 Å². The van der Waals surface area contributed by atoms with E-state index < -0.39 is 72.6 Å². The zero-order chi connectivity index (χ0) is 30.7. The number of benzene rings is 2. The third kappa shape index (κ3) is 10.8. The molecule has 2 aromatic carbocycles. The van der Waals surface area contributed by atoms with Crippen LogP contribution in [0.4, 0.5) is 0 Å². The lowest BCUT2D eigenvalue weighted by Gasteiger charge is -2.24. The molecular weight excluding hydrogens is 544 g/mol. The average Bonchev–Trinajstić information content (AvgIpc) is 2.89. The van der Waals surface area contributed by atoms with Gasteiger partial charge in [-0.3, -0.25) is 24.0 Å². The van der Waals surface area contributed by atoms with Gasteiger partial charge < -0.3 is 47.2 Å². The molecule has 15 heteroatoms. The van der Waals surface area contributed by atoms with Gasteiger partial charge >= 0.3 is 17.9 Å². The van der Waals surface area contributed by atoms with E-state index in [1.165, 1.54) is 48.5 Å². The maximum Gasteiger partial charge on any atom is 0.326 e. The van der Waals surface area contributed by atoms with Crippen LogP contribution >= 0.6 is 0 Å². The van der Waals surface area contributed by atoms with Crippen molar-refractivity contribution in [2.75, 3.05) is 0 Å². The van der Waals surface area contributed by atoms with Crippen molar-refractivity contribution in [1.29, 1.82) is 0 Å². The summed E-state index contributed by atoms with van der Waals surface area (Å²) in [5.41, 5.74) is 6.88. The van der Waals surface area contributed by atoms with Gasteiger partial charge in [0.05, 0.1) is 18.9 Å². The molecule has 2 aromatic rings. The van der Waals surface area contributed by atoms with Gasteiger partial charge in [-0.05, 0) is 41.8 Å². The standard InChI is InChI=1S/C26H30N4O11/c27-17(9-13-1-5-15(31)6-2-13)23(37)28-19(11-21(33)34)25(39)29-18(10-14-3-7-16(32)8-4-14)24(38)30-20(26(40)41)12-22(35)36/h1-8,17-20,31-32H,9-12,27H2,(H,28,37)(H,29,39)(H,30,38)(H,33,34)(H,35,36)(H,40,41)/t17-,18-,19-,20-/m0/s1. The second-order valence-corrected chi connectivity index (χ2v) is 9.07. The number of carboxylic acids is 3. The lowest BCUT2D eigenvalue weighted by Crippen LogP contribution is -2.58. The van der Waals surface area contributed by atoms with Crippen LogP contribution in [0.5, 0.6) is 11.5 Å². The van der Waals surface area contributed by atoms with Crippen molar-refractivity contribution < 1.29 is 54.3 Å². The Bertz CT molecular complexity index is 1270. The Morgan fingerprint density at radius 2 is 0.976 bits per heavy atom. The molecule has 0 spiro atoms. The van der Waals surface area contributed by atoms with E-state index in [1.54, 1.807) is 0 Å². The predicted molar refractivity (Wildman–Crippen MR) is 140 cm³/mol. The zero-order valence-corrected chi connectivity index (χ0v) is 21.5. The van der Waals surface area contributed by atoms with Crippen LogP contribution in [0.15, 0.2) is 48.5 Å². The highest BCUT2D eigenvalue weighted by Crippen LogP contribution is 2.13. The summed E-state index contributed by atoms with van der Waals surface area (Å²) in [5.74, 6) is -7.81. The second-order valence-electron chi connectivity index (χ2n) is 9.07. The number of rotatable bonds is 15. The number of aliphatic carboxylic acids is 3. The minimum atomic E-state index is -1.84. The number of phenols is 2. The molecule has 3 amide bonds. The molecule has 220 valence electrons. The maximum absolute atomic E-state index is 13.1. The number of phenolic OH excluding ortho intramolecular Hbond substituents is 2. The monoisotopic (exact) mass is 574 g/mol. The Kier molecular flexibility index (Phi) is 11.6. The summed E-state index contributed by atoms with van der Waals surface area (Å²) in [7, 11) is 0. The van der Waals surface area contributed by atoms with Crippen LogP contribution in [0, 0.1) is 0 Å². The normalized spacial score (nSPS) is 13.6. The van der Waals surface area contributed by atoms with E-state index in [0.717, 1.165) is 0 Å². The van der Waals surface area contributed by atoms with Crippen LogP contribution in [-0.4, -0.2) is 85.3 Å². The molecule has 0 aliphatic heterocycles. The molecule has 0 aliphatic rings. The van der Waals surface area contributed by atoms with Crippen molar-refractivity contribution >= 4 is 35.6 Å². The van der Waals surface area contributed by atoms with Crippen molar-refractivity contribution in [3.8, 4) is 11.5 Å². The summed E-state index contributed by atoms with van der Waals surface area (Å²) in [4.78, 5) is 72.7. The highest BCUT2D eigenvalue weighted by molar-refractivity contribution is 5.96. The summed E-state index contributed by atoms with van der Waals surface area (Å²) in [6.07, 6.45) is -2.14. The molecular formula is C26H30N4O11. The molecule has 0 bridgehead atoms. The minimum Gasteiger partial charge on any atom is -0.508 e. The largest absolute Gasteiger partial charge is 0.508 e. The fourth-order valence-corrected chi connectivity index (χ4v) is 3.64. The molecule has 0 aliphatic carbocycles. The van der Waals surface area contributed by atoms with Gasteiger partial charge in [0.1, 0.15) is 29.6 Å².